The Balaban J connectivity index is 1.87. The van der Waals surface area contributed by atoms with E-state index in [1.54, 1.807) is 6.20 Å². The lowest BCUT2D eigenvalue weighted by atomic mass is 10.0. The largest absolute Gasteiger partial charge is 0.373 e. The van der Waals surface area contributed by atoms with Gasteiger partial charge >= 0.3 is 0 Å². The van der Waals surface area contributed by atoms with E-state index in [2.05, 4.69) is 10.1 Å². The van der Waals surface area contributed by atoms with Crippen molar-refractivity contribution in [2.75, 3.05) is 6.61 Å². The van der Waals surface area contributed by atoms with Crippen molar-refractivity contribution in [1.82, 2.24) is 14.8 Å². The molecule has 2 aromatic heterocycles. The number of rotatable bonds is 4. The zero-order valence-corrected chi connectivity index (χ0v) is 11.1. The summed E-state index contributed by atoms with van der Waals surface area (Å²) in [5.41, 5.74) is 8.62. The maximum Gasteiger partial charge on any atom is 0.269 e. The molecular weight excluding hydrogens is 256 g/mol. The van der Waals surface area contributed by atoms with Crippen LogP contribution in [0.3, 0.4) is 0 Å². The number of hydrogen-bond donors (Lipinski definition) is 1. The second-order valence-corrected chi connectivity index (χ2v) is 4.73. The maximum atomic E-state index is 11.5. The number of nitrogens with zero attached hydrogens (tertiary/aromatic N) is 3. The van der Waals surface area contributed by atoms with Crippen LogP contribution in [0.1, 0.15) is 27.4 Å². The standard InChI is InChI=1S/C14H16N4O2/c15-14(19)13-11(5-4-10-3-1-2-6-16-10)12-9-20-8-7-18(12)17-13/h1-3,6H,4-5,7-9H2,(H2,15,19). The minimum atomic E-state index is -0.483. The molecule has 0 bridgehead atoms. The summed E-state index contributed by atoms with van der Waals surface area (Å²) in [6, 6.07) is 5.80. The van der Waals surface area contributed by atoms with Gasteiger partial charge in [-0.15, -0.1) is 0 Å². The van der Waals surface area contributed by atoms with E-state index >= 15 is 0 Å². The topological polar surface area (TPSA) is 83.0 Å². The molecule has 0 saturated heterocycles. The summed E-state index contributed by atoms with van der Waals surface area (Å²) in [5.74, 6) is -0.483. The SMILES string of the molecule is NC(=O)c1nn2c(c1CCc1ccccn1)COCC2. The summed E-state index contributed by atoms with van der Waals surface area (Å²) in [7, 11) is 0. The first kappa shape index (κ1) is 12.8. The van der Waals surface area contributed by atoms with Gasteiger partial charge in [0.1, 0.15) is 0 Å². The van der Waals surface area contributed by atoms with Crippen molar-refractivity contribution in [3.8, 4) is 0 Å². The van der Waals surface area contributed by atoms with Crippen LogP contribution in [-0.2, 0) is 30.7 Å². The predicted octanol–water partition coefficient (Wildman–Crippen LogP) is 0.692. The number of ether oxygens (including phenoxy) is 1. The zero-order chi connectivity index (χ0) is 13.9. The van der Waals surface area contributed by atoms with Gasteiger partial charge in [0, 0.05) is 17.5 Å². The van der Waals surface area contributed by atoms with Crippen molar-refractivity contribution < 1.29 is 9.53 Å². The lowest BCUT2D eigenvalue weighted by molar-refractivity contribution is 0.0792. The lowest BCUT2D eigenvalue weighted by Gasteiger charge is -2.15. The Hall–Kier alpha value is -2.21. The molecule has 20 heavy (non-hydrogen) atoms. The molecule has 2 N–H and O–H groups in total. The average Bonchev–Trinajstić information content (AvgIpc) is 2.85. The monoisotopic (exact) mass is 272 g/mol. The van der Waals surface area contributed by atoms with Crippen molar-refractivity contribution in [3.63, 3.8) is 0 Å². The first-order valence-corrected chi connectivity index (χ1v) is 6.61. The molecule has 0 aliphatic carbocycles. The molecule has 1 amide bonds. The summed E-state index contributed by atoms with van der Waals surface area (Å²) < 4.78 is 7.28. The molecule has 1 aliphatic rings. The fourth-order valence-electron chi connectivity index (χ4n) is 2.46. The zero-order valence-electron chi connectivity index (χ0n) is 11.1. The Labute approximate surface area is 116 Å². The minimum absolute atomic E-state index is 0.362. The predicted molar refractivity (Wildman–Crippen MR) is 72.0 cm³/mol. The number of carbonyl (C=O) groups is 1. The van der Waals surface area contributed by atoms with E-state index in [9.17, 15) is 4.79 Å². The summed E-state index contributed by atoms with van der Waals surface area (Å²) in [4.78, 5) is 15.8. The molecule has 0 unspecified atom stereocenters. The summed E-state index contributed by atoms with van der Waals surface area (Å²) in [6.07, 6.45) is 3.20. The van der Waals surface area contributed by atoms with E-state index in [-0.39, 0.29) is 0 Å². The smallest absolute Gasteiger partial charge is 0.269 e. The van der Waals surface area contributed by atoms with Crippen molar-refractivity contribution in [2.24, 2.45) is 5.73 Å². The number of pyridine rings is 1. The first-order valence-electron chi connectivity index (χ1n) is 6.61. The highest BCUT2D eigenvalue weighted by molar-refractivity contribution is 5.92. The van der Waals surface area contributed by atoms with E-state index in [0.29, 0.717) is 31.9 Å². The van der Waals surface area contributed by atoms with Gasteiger partial charge in [-0.05, 0) is 25.0 Å². The molecule has 2 aromatic rings. The highest BCUT2D eigenvalue weighted by atomic mass is 16.5. The third kappa shape index (κ3) is 2.42. The fourth-order valence-corrected chi connectivity index (χ4v) is 2.46. The molecule has 3 heterocycles. The number of nitrogens with two attached hydrogens (primary N) is 1. The second-order valence-electron chi connectivity index (χ2n) is 4.73. The van der Waals surface area contributed by atoms with Crippen molar-refractivity contribution in [1.29, 1.82) is 0 Å². The number of aryl methyl sites for hydroxylation is 1. The lowest BCUT2D eigenvalue weighted by Crippen LogP contribution is -2.18. The van der Waals surface area contributed by atoms with Crippen LogP contribution >= 0.6 is 0 Å². The number of amides is 1. The highest BCUT2D eigenvalue weighted by Crippen LogP contribution is 2.20. The van der Waals surface area contributed by atoms with E-state index in [1.807, 2.05) is 22.9 Å². The van der Waals surface area contributed by atoms with Gasteiger partial charge in [-0.3, -0.25) is 14.5 Å². The van der Waals surface area contributed by atoms with Crippen LogP contribution in [-0.4, -0.2) is 27.3 Å². The third-order valence-electron chi connectivity index (χ3n) is 3.44. The van der Waals surface area contributed by atoms with Crippen molar-refractivity contribution in [2.45, 2.75) is 26.0 Å². The summed E-state index contributed by atoms with van der Waals surface area (Å²) in [6.45, 7) is 1.77. The molecule has 0 atom stereocenters. The van der Waals surface area contributed by atoms with Crippen LogP contribution in [0.4, 0.5) is 0 Å². The molecule has 0 saturated carbocycles. The molecule has 6 nitrogen and oxygen atoms in total. The second kappa shape index (κ2) is 5.42. The quantitative estimate of drug-likeness (QED) is 0.887. The van der Waals surface area contributed by atoms with Crippen LogP contribution < -0.4 is 5.73 Å². The van der Waals surface area contributed by atoms with Crippen molar-refractivity contribution >= 4 is 5.91 Å². The summed E-state index contributed by atoms with van der Waals surface area (Å²) >= 11 is 0. The molecule has 104 valence electrons. The van der Waals surface area contributed by atoms with Crippen LogP contribution in [0, 0.1) is 0 Å². The fraction of sp³-hybridized carbons (Fsp3) is 0.357. The molecule has 0 aromatic carbocycles. The van der Waals surface area contributed by atoms with Gasteiger partial charge in [0.15, 0.2) is 5.69 Å². The van der Waals surface area contributed by atoms with E-state index in [4.69, 9.17) is 10.5 Å². The molecule has 3 rings (SSSR count). The van der Waals surface area contributed by atoms with Crippen LogP contribution in [0.2, 0.25) is 0 Å². The maximum absolute atomic E-state index is 11.5. The number of hydrogen-bond acceptors (Lipinski definition) is 4. The van der Waals surface area contributed by atoms with Gasteiger partial charge in [0.25, 0.3) is 5.91 Å². The minimum Gasteiger partial charge on any atom is -0.373 e. The van der Waals surface area contributed by atoms with Crippen LogP contribution in [0.15, 0.2) is 24.4 Å². The average molecular weight is 272 g/mol. The molecule has 0 spiro atoms. The first-order chi connectivity index (χ1) is 9.75. The number of primary amides is 1. The third-order valence-corrected chi connectivity index (χ3v) is 3.44. The van der Waals surface area contributed by atoms with E-state index < -0.39 is 5.91 Å². The Morgan fingerprint density at radius 1 is 1.40 bits per heavy atom. The van der Waals surface area contributed by atoms with Gasteiger partial charge in [0.05, 0.1) is 25.5 Å². The van der Waals surface area contributed by atoms with Crippen LogP contribution in [0.25, 0.3) is 0 Å². The van der Waals surface area contributed by atoms with Gasteiger partial charge in [-0.2, -0.15) is 5.10 Å². The van der Waals surface area contributed by atoms with Gasteiger partial charge in [-0.25, -0.2) is 0 Å². The normalized spacial score (nSPS) is 14.0. The van der Waals surface area contributed by atoms with Crippen LogP contribution in [0.5, 0.6) is 0 Å². The van der Waals surface area contributed by atoms with Gasteiger partial charge < -0.3 is 10.5 Å². The Morgan fingerprint density at radius 3 is 3.05 bits per heavy atom. The molecule has 6 heteroatoms. The van der Waals surface area contributed by atoms with Gasteiger partial charge in [-0.1, -0.05) is 6.07 Å². The molecule has 0 radical (unpaired) electrons. The highest BCUT2D eigenvalue weighted by Gasteiger charge is 2.23. The summed E-state index contributed by atoms with van der Waals surface area (Å²) in [5, 5.41) is 4.30. The molecular formula is C14H16N4O2. The Bertz CT molecular complexity index is 622. The number of carbonyl (C=O) groups excluding carboxylic acids is 1. The van der Waals surface area contributed by atoms with Crippen molar-refractivity contribution in [3.05, 3.63) is 47.0 Å². The molecule has 1 aliphatic heterocycles. The van der Waals surface area contributed by atoms with E-state index in [1.165, 1.54) is 0 Å². The molecule has 0 fully saturated rings. The number of aromatic nitrogens is 3. The number of fused-ring (bicyclic) bond motifs is 1. The Kier molecular flexibility index (Phi) is 3.47. The van der Waals surface area contributed by atoms with Gasteiger partial charge in [0.2, 0.25) is 0 Å². The Morgan fingerprint density at radius 2 is 2.30 bits per heavy atom. The van der Waals surface area contributed by atoms with E-state index in [0.717, 1.165) is 23.4 Å².